The molecule has 1 aromatic carbocycles. The highest BCUT2D eigenvalue weighted by Crippen LogP contribution is 2.12. The number of anilines is 1. The van der Waals surface area contributed by atoms with Gasteiger partial charge >= 0.3 is 0 Å². The SMILES string of the molecule is CCNCCNc1cc(C)cc(C)c1. The molecule has 0 saturated heterocycles. The van der Waals surface area contributed by atoms with Gasteiger partial charge in [0.2, 0.25) is 0 Å². The molecule has 0 spiro atoms. The monoisotopic (exact) mass is 192 g/mol. The van der Waals surface area contributed by atoms with E-state index in [1.807, 2.05) is 0 Å². The third-order valence-electron chi connectivity index (χ3n) is 2.10. The lowest BCUT2D eigenvalue weighted by atomic mass is 10.1. The van der Waals surface area contributed by atoms with Crippen LogP contribution in [0.15, 0.2) is 18.2 Å². The van der Waals surface area contributed by atoms with Gasteiger partial charge < -0.3 is 10.6 Å². The zero-order chi connectivity index (χ0) is 10.4. The number of nitrogens with one attached hydrogen (secondary N) is 2. The molecule has 1 aromatic rings. The van der Waals surface area contributed by atoms with Crippen molar-refractivity contribution in [3.05, 3.63) is 29.3 Å². The van der Waals surface area contributed by atoms with Crippen LogP contribution in [0.4, 0.5) is 5.69 Å². The Kier molecular flexibility index (Phi) is 4.47. The Morgan fingerprint density at radius 1 is 1.00 bits per heavy atom. The predicted molar refractivity (Wildman–Crippen MR) is 62.9 cm³/mol. The minimum Gasteiger partial charge on any atom is -0.384 e. The number of hydrogen-bond acceptors (Lipinski definition) is 2. The van der Waals surface area contributed by atoms with E-state index in [-0.39, 0.29) is 0 Å². The summed E-state index contributed by atoms with van der Waals surface area (Å²) in [6.45, 7) is 9.41. The van der Waals surface area contributed by atoms with Crippen LogP contribution in [0.2, 0.25) is 0 Å². The van der Waals surface area contributed by atoms with E-state index in [1.165, 1.54) is 16.8 Å². The van der Waals surface area contributed by atoms with E-state index in [2.05, 4.69) is 49.6 Å². The van der Waals surface area contributed by atoms with Gasteiger partial charge in [-0.3, -0.25) is 0 Å². The summed E-state index contributed by atoms with van der Waals surface area (Å²) in [7, 11) is 0. The van der Waals surface area contributed by atoms with E-state index in [4.69, 9.17) is 0 Å². The number of benzene rings is 1. The molecule has 0 heterocycles. The van der Waals surface area contributed by atoms with Gasteiger partial charge in [0.1, 0.15) is 0 Å². The van der Waals surface area contributed by atoms with Crippen molar-refractivity contribution in [2.24, 2.45) is 0 Å². The van der Waals surface area contributed by atoms with Crippen molar-refractivity contribution in [2.75, 3.05) is 25.0 Å². The van der Waals surface area contributed by atoms with Gasteiger partial charge in [-0.2, -0.15) is 0 Å². The van der Waals surface area contributed by atoms with Gasteiger partial charge in [0.25, 0.3) is 0 Å². The van der Waals surface area contributed by atoms with E-state index in [9.17, 15) is 0 Å². The molecule has 0 unspecified atom stereocenters. The lowest BCUT2D eigenvalue weighted by Gasteiger charge is -2.08. The minimum absolute atomic E-state index is 0.983. The molecule has 0 atom stereocenters. The van der Waals surface area contributed by atoms with E-state index in [0.717, 1.165) is 19.6 Å². The maximum atomic E-state index is 3.40. The summed E-state index contributed by atoms with van der Waals surface area (Å²) in [5.74, 6) is 0. The Hall–Kier alpha value is -1.02. The number of likely N-dealkylation sites (N-methyl/N-ethyl adjacent to an activating group) is 1. The Balaban J connectivity index is 2.42. The van der Waals surface area contributed by atoms with Crippen molar-refractivity contribution >= 4 is 5.69 Å². The van der Waals surface area contributed by atoms with Gasteiger partial charge in [0.15, 0.2) is 0 Å². The Morgan fingerprint density at radius 3 is 2.21 bits per heavy atom. The molecule has 0 saturated carbocycles. The fraction of sp³-hybridized carbons (Fsp3) is 0.500. The molecular formula is C12H20N2. The zero-order valence-electron chi connectivity index (χ0n) is 9.35. The number of hydrogen-bond donors (Lipinski definition) is 2. The fourth-order valence-corrected chi connectivity index (χ4v) is 1.55. The zero-order valence-corrected chi connectivity index (χ0v) is 9.35. The van der Waals surface area contributed by atoms with Crippen LogP contribution in [-0.2, 0) is 0 Å². The second kappa shape index (κ2) is 5.66. The molecule has 0 fully saturated rings. The van der Waals surface area contributed by atoms with Crippen LogP contribution in [0.1, 0.15) is 18.1 Å². The molecule has 2 heteroatoms. The highest BCUT2D eigenvalue weighted by molar-refractivity contribution is 5.48. The largest absolute Gasteiger partial charge is 0.384 e. The van der Waals surface area contributed by atoms with Crippen molar-refractivity contribution in [3.63, 3.8) is 0 Å². The molecule has 2 nitrogen and oxygen atoms in total. The summed E-state index contributed by atoms with van der Waals surface area (Å²) in [5.41, 5.74) is 3.85. The Bertz CT molecular complexity index is 261. The molecule has 2 N–H and O–H groups in total. The summed E-state index contributed by atoms with van der Waals surface area (Å²) in [5, 5.41) is 6.68. The molecule has 14 heavy (non-hydrogen) atoms. The van der Waals surface area contributed by atoms with Gasteiger partial charge in [-0.05, 0) is 43.7 Å². The molecule has 0 bridgehead atoms. The predicted octanol–water partition coefficient (Wildman–Crippen LogP) is 2.32. The maximum absolute atomic E-state index is 3.40. The molecule has 0 aliphatic carbocycles. The van der Waals surface area contributed by atoms with Crippen LogP contribution < -0.4 is 10.6 Å². The molecule has 1 rings (SSSR count). The molecule has 0 radical (unpaired) electrons. The standard InChI is InChI=1S/C12H20N2/c1-4-13-5-6-14-12-8-10(2)7-11(3)9-12/h7-9,13-14H,4-6H2,1-3H3. The number of aryl methyl sites for hydroxylation is 2. The van der Waals surface area contributed by atoms with Gasteiger partial charge in [0.05, 0.1) is 0 Å². The molecule has 0 aromatic heterocycles. The smallest absolute Gasteiger partial charge is 0.0345 e. The van der Waals surface area contributed by atoms with E-state index >= 15 is 0 Å². The maximum Gasteiger partial charge on any atom is 0.0345 e. The summed E-state index contributed by atoms with van der Waals surface area (Å²) in [6.07, 6.45) is 0. The summed E-state index contributed by atoms with van der Waals surface area (Å²) >= 11 is 0. The Morgan fingerprint density at radius 2 is 1.64 bits per heavy atom. The van der Waals surface area contributed by atoms with Crippen LogP contribution in [0.3, 0.4) is 0 Å². The first kappa shape index (κ1) is 11.1. The molecule has 78 valence electrons. The summed E-state index contributed by atoms with van der Waals surface area (Å²) in [4.78, 5) is 0. The molecule has 0 aliphatic rings. The summed E-state index contributed by atoms with van der Waals surface area (Å²) in [6, 6.07) is 6.55. The third-order valence-corrected chi connectivity index (χ3v) is 2.10. The van der Waals surface area contributed by atoms with Crippen LogP contribution in [0.25, 0.3) is 0 Å². The Labute approximate surface area is 86.7 Å². The third kappa shape index (κ3) is 3.79. The second-order valence-electron chi connectivity index (χ2n) is 3.66. The summed E-state index contributed by atoms with van der Waals surface area (Å²) < 4.78 is 0. The van der Waals surface area contributed by atoms with Crippen molar-refractivity contribution in [2.45, 2.75) is 20.8 Å². The minimum atomic E-state index is 0.983. The molecule has 0 amide bonds. The van der Waals surface area contributed by atoms with Crippen molar-refractivity contribution < 1.29 is 0 Å². The highest BCUT2D eigenvalue weighted by Gasteiger charge is 1.94. The van der Waals surface area contributed by atoms with Gasteiger partial charge in [-0.25, -0.2) is 0 Å². The normalized spacial score (nSPS) is 10.2. The van der Waals surface area contributed by atoms with Crippen molar-refractivity contribution in [1.29, 1.82) is 0 Å². The van der Waals surface area contributed by atoms with Gasteiger partial charge in [-0.15, -0.1) is 0 Å². The molecule has 0 aliphatic heterocycles. The van der Waals surface area contributed by atoms with Crippen LogP contribution in [0.5, 0.6) is 0 Å². The molecular weight excluding hydrogens is 172 g/mol. The van der Waals surface area contributed by atoms with Gasteiger partial charge in [-0.1, -0.05) is 13.0 Å². The average molecular weight is 192 g/mol. The fourth-order valence-electron chi connectivity index (χ4n) is 1.55. The quantitative estimate of drug-likeness (QED) is 0.700. The second-order valence-corrected chi connectivity index (χ2v) is 3.66. The average Bonchev–Trinajstić information content (AvgIpc) is 2.11. The highest BCUT2D eigenvalue weighted by atomic mass is 14.9. The van der Waals surface area contributed by atoms with Gasteiger partial charge in [0, 0.05) is 18.8 Å². The van der Waals surface area contributed by atoms with E-state index in [0.29, 0.717) is 0 Å². The van der Waals surface area contributed by atoms with E-state index < -0.39 is 0 Å². The van der Waals surface area contributed by atoms with Crippen LogP contribution >= 0.6 is 0 Å². The first-order valence-electron chi connectivity index (χ1n) is 5.25. The first-order valence-corrected chi connectivity index (χ1v) is 5.25. The number of rotatable bonds is 5. The van der Waals surface area contributed by atoms with Crippen molar-refractivity contribution in [3.8, 4) is 0 Å². The topological polar surface area (TPSA) is 24.1 Å². The van der Waals surface area contributed by atoms with Crippen molar-refractivity contribution in [1.82, 2.24) is 5.32 Å². The van der Waals surface area contributed by atoms with Crippen LogP contribution in [-0.4, -0.2) is 19.6 Å². The first-order chi connectivity index (χ1) is 6.72. The van der Waals surface area contributed by atoms with Crippen LogP contribution in [0, 0.1) is 13.8 Å². The lowest BCUT2D eigenvalue weighted by Crippen LogP contribution is -2.21. The lowest BCUT2D eigenvalue weighted by molar-refractivity contribution is 0.739. The van der Waals surface area contributed by atoms with E-state index in [1.54, 1.807) is 0 Å².